The topological polar surface area (TPSA) is 29.1 Å². The van der Waals surface area contributed by atoms with Crippen LogP contribution in [0.25, 0.3) is 0 Å². The third-order valence-corrected chi connectivity index (χ3v) is 4.10. The number of hydrogen-bond acceptors (Lipinski definition) is 1. The molecule has 0 aromatic carbocycles. The first-order chi connectivity index (χ1) is 9.78. The molecule has 2 atom stereocenters. The van der Waals surface area contributed by atoms with Crippen LogP contribution in [-0.2, 0) is 4.79 Å². The number of rotatable bonds is 2. The Hall–Kier alpha value is -1.32. The lowest BCUT2D eigenvalue weighted by molar-refractivity contribution is -0.118. The predicted molar refractivity (Wildman–Crippen MR) is 84.6 cm³/mol. The summed E-state index contributed by atoms with van der Waals surface area (Å²) in [6, 6.07) is 0. The van der Waals surface area contributed by atoms with E-state index in [-0.39, 0.29) is 11.8 Å². The fourth-order valence-electron chi connectivity index (χ4n) is 2.24. The molecular formula is C16H16Cl2FNO. The van der Waals surface area contributed by atoms with Crippen LogP contribution in [0.15, 0.2) is 57.8 Å². The van der Waals surface area contributed by atoms with Gasteiger partial charge >= 0.3 is 0 Å². The van der Waals surface area contributed by atoms with E-state index in [4.69, 9.17) is 23.2 Å². The Labute approximate surface area is 133 Å². The highest BCUT2D eigenvalue weighted by Gasteiger charge is 2.23. The third-order valence-electron chi connectivity index (χ3n) is 3.31. The molecule has 2 aliphatic carbocycles. The number of amides is 1. The lowest BCUT2D eigenvalue weighted by Crippen LogP contribution is -2.21. The smallest absolute Gasteiger partial charge is 0.221 e. The molecule has 1 amide bonds. The summed E-state index contributed by atoms with van der Waals surface area (Å²) in [4.78, 5) is 11.4. The quantitative estimate of drug-likeness (QED) is 0.795. The van der Waals surface area contributed by atoms with Gasteiger partial charge in [0.05, 0.1) is 10.1 Å². The van der Waals surface area contributed by atoms with Crippen LogP contribution < -0.4 is 5.32 Å². The van der Waals surface area contributed by atoms with Crippen molar-refractivity contribution in [2.45, 2.75) is 25.9 Å². The summed E-state index contributed by atoms with van der Waals surface area (Å²) in [6.07, 6.45) is 10.5. The minimum Gasteiger partial charge on any atom is -0.326 e. The summed E-state index contributed by atoms with van der Waals surface area (Å²) < 4.78 is 14.1. The first-order valence-electron chi connectivity index (χ1n) is 6.61. The van der Waals surface area contributed by atoms with E-state index < -0.39 is 5.67 Å². The maximum Gasteiger partial charge on any atom is 0.221 e. The molecule has 1 N–H and O–H groups in total. The van der Waals surface area contributed by atoms with Crippen LogP contribution >= 0.6 is 23.2 Å². The highest BCUT2D eigenvalue weighted by molar-refractivity contribution is 6.44. The number of nitrogens with one attached hydrogen (secondary N) is 1. The largest absolute Gasteiger partial charge is 0.326 e. The van der Waals surface area contributed by atoms with Gasteiger partial charge in [0.2, 0.25) is 5.91 Å². The van der Waals surface area contributed by atoms with E-state index in [9.17, 15) is 9.18 Å². The Morgan fingerprint density at radius 2 is 2.00 bits per heavy atom. The summed E-state index contributed by atoms with van der Waals surface area (Å²) in [5.41, 5.74) is -0.167. The highest BCUT2D eigenvalue weighted by atomic mass is 35.5. The van der Waals surface area contributed by atoms with Gasteiger partial charge in [-0.05, 0) is 37.1 Å². The monoisotopic (exact) mass is 327 g/mol. The molecule has 0 bridgehead atoms. The lowest BCUT2D eigenvalue weighted by atomic mass is 9.90. The van der Waals surface area contributed by atoms with Crippen LogP contribution in [0.2, 0.25) is 0 Å². The Morgan fingerprint density at radius 3 is 2.62 bits per heavy atom. The molecule has 112 valence electrons. The Balaban J connectivity index is 2.42. The SMILES string of the molecule is CC(=O)NC1=C(C2C=C(Cl)C(Cl)=CC2)C=CC(C)(F)C=C1. The van der Waals surface area contributed by atoms with Crippen LogP contribution in [0.4, 0.5) is 4.39 Å². The van der Waals surface area contributed by atoms with Crippen molar-refractivity contribution in [3.05, 3.63) is 57.8 Å². The first kappa shape index (κ1) is 16.1. The summed E-state index contributed by atoms with van der Waals surface area (Å²) in [5.74, 6) is -0.265. The Kier molecular flexibility index (Phi) is 4.74. The van der Waals surface area contributed by atoms with Gasteiger partial charge in [-0.15, -0.1) is 0 Å². The van der Waals surface area contributed by atoms with Crippen molar-refractivity contribution in [2.75, 3.05) is 0 Å². The second-order valence-electron chi connectivity index (χ2n) is 5.28. The van der Waals surface area contributed by atoms with Gasteiger partial charge in [0.25, 0.3) is 0 Å². The number of allylic oxidation sites excluding steroid dienone is 9. The van der Waals surface area contributed by atoms with Crippen LogP contribution in [-0.4, -0.2) is 11.6 Å². The molecule has 2 unspecified atom stereocenters. The third kappa shape index (κ3) is 4.08. The average molecular weight is 328 g/mol. The highest BCUT2D eigenvalue weighted by Crippen LogP contribution is 2.35. The van der Waals surface area contributed by atoms with Gasteiger partial charge in [0, 0.05) is 18.5 Å². The minimum atomic E-state index is -1.55. The van der Waals surface area contributed by atoms with E-state index >= 15 is 0 Å². The van der Waals surface area contributed by atoms with Crippen LogP contribution in [0.3, 0.4) is 0 Å². The molecular weight excluding hydrogens is 312 g/mol. The molecule has 0 fully saturated rings. The van der Waals surface area contributed by atoms with Crippen molar-refractivity contribution in [3.63, 3.8) is 0 Å². The van der Waals surface area contributed by atoms with E-state index in [0.717, 1.165) is 5.57 Å². The van der Waals surface area contributed by atoms with Crippen LogP contribution in [0.1, 0.15) is 20.3 Å². The molecule has 0 aromatic rings. The summed E-state index contributed by atoms with van der Waals surface area (Å²) in [6.45, 7) is 2.87. The fraction of sp³-hybridized carbons (Fsp3) is 0.312. The zero-order valence-corrected chi connectivity index (χ0v) is 13.3. The lowest BCUT2D eigenvalue weighted by Gasteiger charge is -2.20. The van der Waals surface area contributed by atoms with Crippen LogP contribution in [0.5, 0.6) is 0 Å². The van der Waals surface area contributed by atoms with Gasteiger partial charge in [-0.3, -0.25) is 4.79 Å². The zero-order valence-electron chi connectivity index (χ0n) is 11.8. The number of alkyl halides is 1. The minimum absolute atomic E-state index is 0.0587. The van der Waals surface area contributed by atoms with Crippen molar-refractivity contribution >= 4 is 29.1 Å². The zero-order chi connectivity index (χ0) is 15.6. The number of carbonyl (C=O) groups excluding carboxylic acids is 1. The average Bonchev–Trinajstić information content (AvgIpc) is 2.52. The summed E-state index contributed by atoms with van der Waals surface area (Å²) in [5, 5.41) is 3.72. The van der Waals surface area contributed by atoms with Gasteiger partial charge in [-0.25, -0.2) is 4.39 Å². The predicted octanol–water partition coefficient (Wildman–Crippen LogP) is 4.50. The van der Waals surface area contributed by atoms with Crippen molar-refractivity contribution < 1.29 is 9.18 Å². The molecule has 0 radical (unpaired) electrons. The van der Waals surface area contributed by atoms with Crippen molar-refractivity contribution in [1.29, 1.82) is 0 Å². The molecule has 0 saturated heterocycles. The van der Waals surface area contributed by atoms with E-state index in [1.165, 1.54) is 26.0 Å². The molecule has 2 nitrogen and oxygen atoms in total. The van der Waals surface area contributed by atoms with Gasteiger partial charge in [0.15, 0.2) is 0 Å². The normalized spacial score (nSPS) is 28.9. The molecule has 21 heavy (non-hydrogen) atoms. The molecule has 2 rings (SSSR count). The number of carbonyl (C=O) groups is 1. The van der Waals surface area contributed by atoms with Crippen molar-refractivity contribution in [3.8, 4) is 0 Å². The van der Waals surface area contributed by atoms with E-state index in [2.05, 4.69) is 5.32 Å². The Morgan fingerprint density at radius 1 is 1.33 bits per heavy atom. The van der Waals surface area contributed by atoms with Gasteiger partial charge in [0.1, 0.15) is 5.67 Å². The number of hydrogen-bond donors (Lipinski definition) is 1. The van der Waals surface area contributed by atoms with E-state index in [0.29, 0.717) is 22.2 Å². The number of halogens is 3. The standard InChI is InChI=1S/C16H16Cl2FNO/c1-10(21)20-15-6-8-16(2,19)7-5-12(15)11-3-4-13(17)14(18)9-11/h4-9,11H,3H2,1-2H3,(H,20,21). The molecule has 0 saturated carbocycles. The van der Waals surface area contributed by atoms with Crippen molar-refractivity contribution in [2.24, 2.45) is 5.92 Å². The molecule has 0 aromatic heterocycles. The van der Waals surface area contributed by atoms with Gasteiger partial charge in [-0.1, -0.05) is 41.4 Å². The summed E-state index contributed by atoms with van der Waals surface area (Å²) >= 11 is 12.0. The van der Waals surface area contributed by atoms with Crippen molar-refractivity contribution in [1.82, 2.24) is 5.32 Å². The van der Waals surface area contributed by atoms with Gasteiger partial charge < -0.3 is 5.32 Å². The van der Waals surface area contributed by atoms with Crippen LogP contribution in [0, 0.1) is 5.92 Å². The van der Waals surface area contributed by atoms with Gasteiger partial charge in [-0.2, -0.15) is 0 Å². The maximum atomic E-state index is 14.1. The first-order valence-corrected chi connectivity index (χ1v) is 7.36. The molecule has 0 spiro atoms. The molecule has 0 heterocycles. The molecule has 2 aliphatic rings. The van der Waals surface area contributed by atoms with E-state index in [1.807, 2.05) is 12.2 Å². The second-order valence-corrected chi connectivity index (χ2v) is 6.09. The Bertz CT molecular complexity index is 612. The molecule has 0 aliphatic heterocycles. The molecule has 5 heteroatoms. The maximum absolute atomic E-state index is 14.1. The van der Waals surface area contributed by atoms with E-state index in [1.54, 1.807) is 12.2 Å². The summed E-state index contributed by atoms with van der Waals surface area (Å²) in [7, 11) is 0. The second kappa shape index (κ2) is 6.20. The fourth-order valence-corrected chi connectivity index (χ4v) is 2.62.